The molecule has 1 saturated heterocycles. The van der Waals surface area contributed by atoms with Crippen LogP contribution in [0.4, 0.5) is 0 Å². The van der Waals surface area contributed by atoms with E-state index in [4.69, 9.17) is 16.3 Å². The first-order valence-corrected chi connectivity index (χ1v) is 10.8. The molecule has 31 heavy (non-hydrogen) atoms. The second-order valence-corrected chi connectivity index (χ2v) is 8.34. The van der Waals surface area contributed by atoms with Gasteiger partial charge in [0.05, 0.1) is 17.8 Å². The molecule has 4 aromatic rings. The Kier molecular flexibility index (Phi) is 5.29. The summed E-state index contributed by atoms with van der Waals surface area (Å²) in [6, 6.07) is 11.5. The van der Waals surface area contributed by atoms with Gasteiger partial charge in [-0.1, -0.05) is 11.6 Å². The fraction of sp³-hybridized carbons (Fsp3) is 0.304. The molecule has 160 valence electrons. The first-order valence-electron chi connectivity index (χ1n) is 10.4. The van der Waals surface area contributed by atoms with E-state index in [1.807, 2.05) is 58.1 Å². The van der Waals surface area contributed by atoms with Gasteiger partial charge in [0.25, 0.3) is 5.91 Å². The summed E-state index contributed by atoms with van der Waals surface area (Å²) in [6.45, 7) is 3.94. The van der Waals surface area contributed by atoms with Gasteiger partial charge in [0, 0.05) is 62.1 Å². The van der Waals surface area contributed by atoms with Gasteiger partial charge in [-0.3, -0.25) is 9.69 Å². The number of benzene rings is 1. The number of nitrogens with zero attached hydrogens (tertiary/aromatic N) is 4. The van der Waals surface area contributed by atoms with E-state index in [0.29, 0.717) is 17.3 Å². The van der Waals surface area contributed by atoms with Gasteiger partial charge in [0.2, 0.25) is 0 Å². The zero-order chi connectivity index (χ0) is 21.4. The molecule has 0 unspecified atom stereocenters. The molecule has 1 aliphatic rings. The summed E-state index contributed by atoms with van der Waals surface area (Å²) in [5.41, 5.74) is 3.42. The van der Waals surface area contributed by atoms with E-state index in [1.165, 1.54) is 0 Å². The number of hydrogen-bond donors (Lipinski definition) is 1. The fourth-order valence-corrected chi connectivity index (χ4v) is 4.34. The number of ether oxygens (including phenoxy) is 1. The number of imidazole rings is 1. The fourth-order valence-electron chi connectivity index (χ4n) is 4.17. The van der Waals surface area contributed by atoms with Gasteiger partial charge in [-0.2, -0.15) is 0 Å². The lowest BCUT2D eigenvalue weighted by molar-refractivity contribution is 0.0756. The highest BCUT2D eigenvalue weighted by Gasteiger charge is 2.22. The number of pyridine rings is 1. The van der Waals surface area contributed by atoms with Crippen molar-refractivity contribution in [3.8, 4) is 5.75 Å². The molecule has 1 fully saturated rings. The zero-order valence-electron chi connectivity index (χ0n) is 17.3. The summed E-state index contributed by atoms with van der Waals surface area (Å²) < 4.78 is 7.23. The van der Waals surface area contributed by atoms with Gasteiger partial charge in [0.15, 0.2) is 0 Å². The van der Waals surface area contributed by atoms with Crippen molar-refractivity contribution < 1.29 is 9.53 Å². The highest BCUT2D eigenvalue weighted by atomic mass is 35.5. The van der Waals surface area contributed by atoms with Gasteiger partial charge < -0.3 is 19.0 Å². The van der Waals surface area contributed by atoms with Crippen molar-refractivity contribution in [2.24, 2.45) is 0 Å². The predicted octanol–water partition coefficient (Wildman–Crippen LogP) is 3.83. The number of nitrogens with one attached hydrogen (secondary N) is 1. The van der Waals surface area contributed by atoms with Crippen LogP contribution in [0.1, 0.15) is 22.6 Å². The molecule has 0 atom stereocenters. The van der Waals surface area contributed by atoms with Crippen molar-refractivity contribution in [2.75, 3.05) is 33.3 Å². The Morgan fingerprint density at radius 2 is 2.03 bits per heavy atom. The van der Waals surface area contributed by atoms with E-state index in [-0.39, 0.29) is 5.91 Å². The Morgan fingerprint density at radius 3 is 2.90 bits per heavy atom. The van der Waals surface area contributed by atoms with Crippen molar-refractivity contribution in [3.05, 3.63) is 65.2 Å². The van der Waals surface area contributed by atoms with Crippen molar-refractivity contribution >= 4 is 34.1 Å². The lowest BCUT2D eigenvalue weighted by Crippen LogP contribution is -2.35. The molecule has 0 spiro atoms. The number of H-pyrrole nitrogens is 1. The maximum absolute atomic E-state index is 13.1. The van der Waals surface area contributed by atoms with E-state index < -0.39 is 0 Å². The molecule has 3 aromatic heterocycles. The van der Waals surface area contributed by atoms with Crippen LogP contribution in [0.25, 0.3) is 16.6 Å². The quantitative estimate of drug-likeness (QED) is 0.527. The number of carbonyl (C=O) groups is 1. The molecular formula is C23H24ClN5O2. The molecule has 0 aliphatic carbocycles. The number of halogens is 1. The third-order valence-corrected chi connectivity index (χ3v) is 6.01. The Labute approximate surface area is 185 Å². The first kappa shape index (κ1) is 19.9. The molecule has 4 heterocycles. The number of rotatable bonds is 4. The standard InChI is InChI=1S/C23H24ClN5O2/c1-31-19-5-3-16-11-21(26-20(16)12-19)23(30)28-8-2-7-27(9-10-28)14-18-15-29-13-17(24)4-6-22(29)25-18/h3-6,11-13,15,26H,2,7-10,14H2,1H3. The molecule has 0 bridgehead atoms. The van der Waals surface area contributed by atoms with Gasteiger partial charge in [-0.05, 0) is 36.8 Å². The van der Waals surface area contributed by atoms with Crippen molar-refractivity contribution in [1.82, 2.24) is 24.2 Å². The van der Waals surface area contributed by atoms with Gasteiger partial charge in [0.1, 0.15) is 17.1 Å². The molecule has 1 aliphatic heterocycles. The number of fused-ring (bicyclic) bond motifs is 2. The number of methoxy groups -OCH3 is 1. The van der Waals surface area contributed by atoms with Gasteiger partial charge >= 0.3 is 0 Å². The highest BCUT2D eigenvalue weighted by molar-refractivity contribution is 6.30. The molecule has 5 rings (SSSR count). The largest absolute Gasteiger partial charge is 0.497 e. The number of carbonyl (C=O) groups excluding carboxylic acids is 1. The van der Waals surface area contributed by atoms with Crippen LogP contribution in [0.3, 0.4) is 0 Å². The summed E-state index contributed by atoms with van der Waals surface area (Å²) >= 11 is 6.07. The minimum atomic E-state index is 0.0411. The molecule has 1 aromatic carbocycles. The predicted molar refractivity (Wildman–Crippen MR) is 121 cm³/mol. The summed E-state index contributed by atoms with van der Waals surface area (Å²) in [4.78, 5) is 25.3. The lowest BCUT2D eigenvalue weighted by atomic mass is 10.2. The maximum Gasteiger partial charge on any atom is 0.270 e. The Morgan fingerprint density at radius 1 is 1.13 bits per heavy atom. The Hall–Kier alpha value is -3.03. The van der Waals surface area contributed by atoms with Crippen LogP contribution in [0, 0.1) is 0 Å². The molecule has 8 heteroatoms. The average molecular weight is 438 g/mol. The van der Waals surface area contributed by atoms with Crippen molar-refractivity contribution in [1.29, 1.82) is 0 Å². The monoisotopic (exact) mass is 437 g/mol. The minimum Gasteiger partial charge on any atom is -0.497 e. The third kappa shape index (κ3) is 4.11. The normalized spacial score (nSPS) is 15.5. The van der Waals surface area contributed by atoms with Crippen LogP contribution in [0.5, 0.6) is 5.75 Å². The minimum absolute atomic E-state index is 0.0411. The SMILES string of the molecule is COc1ccc2cc(C(=O)N3CCCN(Cc4cn5cc(Cl)ccc5n4)CC3)[nH]c2c1. The maximum atomic E-state index is 13.1. The van der Waals surface area contributed by atoms with Crippen LogP contribution >= 0.6 is 11.6 Å². The Balaban J connectivity index is 1.26. The summed E-state index contributed by atoms with van der Waals surface area (Å²) in [5.74, 6) is 0.812. The van der Waals surface area contributed by atoms with Crippen LogP contribution < -0.4 is 4.74 Å². The smallest absolute Gasteiger partial charge is 0.270 e. The number of aromatic nitrogens is 3. The van der Waals surface area contributed by atoms with Crippen LogP contribution in [0.2, 0.25) is 5.02 Å². The van der Waals surface area contributed by atoms with E-state index >= 15 is 0 Å². The second kappa shape index (κ2) is 8.24. The van der Waals surface area contributed by atoms with Gasteiger partial charge in [-0.25, -0.2) is 4.98 Å². The molecule has 1 amide bonds. The summed E-state index contributed by atoms with van der Waals surface area (Å²) in [6.07, 6.45) is 4.82. The number of amides is 1. The van der Waals surface area contributed by atoms with Crippen LogP contribution in [0.15, 0.2) is 48.8 Å². The topological polar surface area (TPSA) is 65.9 Å². The average Bonchev–Trinajstić information content (AvgIpc) is 3.29. The summed E-state index contributed by atoms with van der Waals surface area (Å²) in [7, 11) is 1.64. The highest BCUT2D eigenvalue weighted by Crippen LogP contribution is 2.22. The molecule has 0 radical (unpaired) electrons. The van der Waals surface area contributed by atoms with Crippen LogP contribution in [-0.4, -0.2) is 63.4 Å². The summed E-state index contributed by atoms with van der Waals surface area (Å²) in [5, 5.41) is 1.70. The second-order valence-electron chi connectivity index (χ2n) is 7.90. The molecule has 1 N–H and O–H groups in total. The van der Waals surface area contributed by atoms with E-state index in [2.05, 4.69) is 14.9 Å². The lowest BCUT2D eigenvalue weighted by Gasteiger charge is -2.21. The van der Waals surface area contributed by atoms with Gasteiger partial charge in [-0.15, -0.1) is 0 Å². The van der Waals surface area contributed by atoms with Crippen molar-refractivity contribution in [3.63, 3.8) is 0 Å². The molecular weight excluding hydrogens is 414 g/mol. The zero-order valence-corrected chi connectivity index (χ0v) is 18.1. The number of hydrogen-bond acceptors (Lipinski definition) is 4. The number of aromatic amines is 1. The Bertz CT molecular complexity index is 1250. The van der Waals surface area contributed by atoms with Crippen LogP contribution in [-0.2, 0) is 6.54 Å². The third-order valence-electron chi connectivity index (χ3n) is 5.79. The molecule has 0 saturated carbocycles. The van der Waals surface area contributed by atoms with E-state index in [9.17, 15) is 4.79 Å². The van der Waals surface area contributed by atoms with E-state index in [0.717, 1.165) is 60.6 Å². The molecule has 7 nitrogen and oxygen atoms in total. The van der Waals surface area contributed by atoms with E-state index in [1.54, 1.807) is 7.11 Å². The first-order chi connectivity index (χ1) is 15.1. The van der Waals surface area contributed by atoms with Crippen molar-refractivity contribution in [2.45, 2.75) is 13.0 Å².